The molecule has 0 aliphatic carbocycles. The van der Waals surface area contributed by atoms with Crippen LogP contribution >= 0.6 is 11.8 Å². The highest BCUT2D eigenvalue weighted by molar-refractivity contribution is 8.00. The Kier molecular flexibility index (Phi) is 6.96. The number of carbonyl (C=O) groups excluding carboxylic acids is 2. The molecule has 2 aliphatic rings. The summed E-state index contributed by atoms with van der Waals surface area (Å²) in [5, 5.41) is 5.80. The van der Waals surface area contributed by atoms with Crippen molar-refractivity contribution in [2.24, 2.45) is 0 Å². The van der Waals surface area contributed by atoms with Crippen LogP contribution < -0.4 is 20.1 Å². The van der Waals surface area contributed by atoms with Gasteiger partial charge in [0.25, 0.3) is 5.91 Å². The highest BCUT2D eigenvalue weighted by atomic mass is 32.2. The number of hydrogen-bond acceptors (Lipinski definition) is 9. The third-order valence-electron chi connectivity index (χ3n) is 6.02. The fraction of sp³-hybridized carbons (Fsp3) is 0.375. The number of nitrogens with one attached hydrogen (secondary N) is 2. The number of anilines is 1. The second-order valence-corrected chi connectivity index (χ2v) is 9.40. The number of thioether (sulfide) groups is 1. The fourth-order valence-corrected chi connectivity index (χ4v) is 4.86. The number of fused-ring (bicyclic) bond motifs is 2. The molecule has 0 bridgehead atoms. The Balaban J connectivity index is 1.07. The number of carbonyl (C=O) groups is 2. The van der Waals surface area contributed by atoms with E-state index in [0.29, 0.717) is 29.8 Å². The molecule has 2 N–H and O–H groups in total. The molecule has 0 saturated carbocycles. The Bertz CT molecular complexity index is 1250. The van der Waals surface area contributed by atoms with Gasteiger partial charge < -0.3 is 20.1 Å². The number of hydrogen-bond donors (Lipinski definition) is 2. The molecule has 4 heterocycles. The summed E-state index contributed by atoms with van der Waals surface area (Å²) in [6.45, 7) is 2.99. The monoisotopic (exact) mass is 494 g/mol. The molecule has 2 amide bonds. The highest BCUT2D eigenvalue weighted by Gasteiger charge is 2.23. The maximum absolute atomic E-state index is 12.7. The summed E-state index contributed by atoms with van der Waals surface area (Å²) in [7, 11) is 1.62. The fourth-order valence-electron chi connectivity index (χ4n) is 4.10. The number of amides is 2. The van der Waals surface area contributed by atoms with Crippen molar-refractivity contribution >= 4 is 40.4 Å². The van der Waals surface area contributed by atoms with Crippen LogP contribution in [-0.4, -0.2) is 76.8 Å². The van der Waals surface area contributed by atoms with Crippen LogP contribution in [0.3, 0.4) is 0 Å². The largest absolute Gasteiger partial charge is 0.497 e. The second-order valence-electron chi connectivity index (χ2n) is 8.38. The first kappa shape index (κ1) is 23.3. The van der Waals surface area contributed by atoms with Gasteiger partial charge in [-0.3, -0.25) is 14.5 Å². The molecule has 0 radical (unpaired) electrons. The standard InChI is InChI=1S/C24H26N6O4S/c1-33-16-2-3-17-19(12-16)27-22(13-25-17)34-11-10-30-8-6-15(7-9-30)26-24(32)18-4-5-20-23(28-18)29-21(31)14-35-20/h2-5,12-13,15H,6-11,14H2,1H3,(H,26,32)(H,28,29,31). The summed E-state index contributed by atoms with van der Waals surface area (Å²) >= 11 is 1.43. The van der Waals surface area contributed by atoms with Gasteiger partial charge in [0.2, 0.25) is 11.8 Å². The summed E-state index contributed by atoms with van der Waals surface area (Å²) in [5.41, 5.74) is 1.83. The van der Waals surface area contributed by atoms with E-state index in [1.807, 2.05) is 24.3 Å². The molecule has 0 spiro atoms. The maximum Gasteiger partial charge on any atom is 0.270 e. The molecule has 3 aromatic rings. The Morgan fingerprint density at radius 1 is 1.20 bits per heavy atom. The van der Waals surface area contributed by atoms with E-state index in [-0.39, 0.29) is 17.9 Å². The minimum Gasteiger partial charge on any atom is -0.497 e. The minimum absolute atomic E-state index is 0.0859. The first-order valence-corrected chi connectivity index (χ1v) is 12.5. The number of benzene rings is 1. The molecule has 1 fully saturated rings. The van der Waals surface area contributed by atoms with Crippen molar-refractivity contribution in [3.63, 3.8) is 0 Å². The summed E-state index contributed by atoms with van der Waals surface area (Å²) in [5.74, 6) is 1.73. The third kappa shape index (κ3) is 5.63. The first-order valence-electron chi connectivity index (χ1n) is 11.5. The van der Waals surface area contributed by atoms with Crippen LogP contribution in [0.4, 0.5) is 5.82 Å². The van der Waals surface area contributed by atoms with E-state index in [1.165, 1.54) is 11.8 Å². The average Bonchev–Trinajstić information content (AvgIpc) is 2.88. The second kappa shape index (κ2) is 10.4. The first-order chi connectivity index (χ1) is 17.1. The molecule has 2 aliphatic heterocycles. The van der Waals surface area contributed by atoms with E-state index in [2.05, 4.69) is 30.5 Å². The molecule has 5 rings (SSSR count). The molecule has 1 saturated heterocycles. The summed E-state index contributed by atoms with van der Waals surface area (Å²) in [6, 6.07) is 9.18. The number of aromatic nitrogens is 3. The van der Waals surface area contributed by atoms with Crippen molar-refractivity contribution in [3.8, 4) is 11.6 Å². The molecule has 35 heavy (non-hydrogen) atoms. The minimum atomic E-state index is -0.217. The number of likely N-dealkylation sites (tertiary alicyclic amines) is 1. The Morgan fingerprint density at radius 2 is 2.06 bits per heavy atom. The van der Waals surface area contributed by atoms with E-state index >= 15 is 0 Å². The van der Waals surface area contributed by atoms with E-state index < -0.39 is 0 Å². The van der Waals surface area contributed by atoms with E-state index in [4.69, 9.17) is 9.47 Å². The molecular weight excluding hydrogens is 468 g/mol. The van der Waals surface area contributed by atoms with Crippen LogP contribution in [0.15, 0.2) is 41.4 Å². The predicted octanol–water partition coefficient (Wildman–Crippen LogP) is 2.35. The quantitative estimate of drug-likeness (QED) is 0.510. The van der Waals surface area contributed by atoms with Gasteiger partial charge in [0.15, 0.2) is 0 Å². The van der Waals surface area contributed by atoms with Crippen molar-refractivity contribution in [3.05, 3.63) is 42.2 Å². The van der Waals surface area contributed by atoms with Crippen LogP contribution in [-0.2, 0) is 4.79 Å². The van der Waals surface area contributed by atoms with Gasteiger partial charge in [-0.25, -0.2) is 15.0 Å². The summed E-state index contributed by atoms with van der Waals surface area (Å²) in [6.07, 6.45) is 3.33. The third-order valence-corrected chi connectivity index (χ3v) is 7.06. The maximum atomic E-state index is 12.7. The summed E-state index contributed by atoms with van der Waals surface area (Å²) < 4.78 is 11.1. The smallest absolute Gasteiger partial charge is 0.270 e. The zero-order valence-electron chi connectivity index (χ0n) is 19.3. The van der Waals surface area contributed by atoms with E-state index in [0.717, 1.165) is 54.2 Å². The lowest BCUT2D eigenvalue weighted by Gasteiger charge is -2.32. The number of rotatable bonds is 7. The van der Waals surface area contributed by atoms with E-state index in [1.54, 1.807) is 19.4 Å². The molecule has 11 heteroatoms. The summed E-state index contributed by atoms with van der Waals surface area (Å²) in [4.78, 5) is 40.7. The Hall–Kier alpha value is -3.44. The van der Waals surface area contributed by atoms with Crippen LogP contribution in [0.5, 0.6) is 11.6 Å². The van der Waals surface area contributed by atoms with Gasteiger partial charge in [-0.2, -0.15) is 0 Å². The van der Waals surface area contributed by atoms with Crippen molar-refractivity contribution in [2.45, 2.75) is 23.8 Å². The average molecular weight is 495 g/mol. The number of ether oxygens (including phenoxy) is 2. The highest BCUT2D eigenvalue weighted by Crippen LogP contribution is 2.29. The molecular formula is C24H26N6O4S. The van der Waals surface area contributed by atoms with Crippen molar-refractivity contribution < 1.29 is 19.1 Å². The van der Waals surface area contributed by atoms with Gasteiger partial charge in [0.05, 0.1) is 35.0 Å². The number of methoxy groups -OCH3 is 1. The van der Waals surface area contributed by atoms with Crippen LogP contribution in [0, 0.1) is 0 Å². The van der Waals surface area contributed by atoms with Crippen molar-refractivity contribution in [1.29, 1.82) is 0 Å². The van der Waals surface area contributed by atoms with E-state index in [9.17, 15) is 9.59 Å². The molecule has 10 nitrogen and oxygen atoms in total. The van der Waals surface area contributed by atoms with Gasteiger partial charge >= 0.3 is 0 Å². The van der Waals surface area contributed by atoms with Gasteiger partial charge in [0.1, 0.15) is 23.9 Å². The molecule has 182 valence electrons. The normalized spacial score (nSPS) is 16.4. The molecule has 0 unspecified atom stereocenters. The van der Waals surface area contributed by atoms with Crippen LogP contribution in [0.1, 0.15) is 23.3 Å². The lowest BCUT2D eigenvalue weighted by atomic mass is 10.0. The van der Waals surface area contributed by atoms with Crippen molar-refractivity contribution in [2.75, 3.05) is 44.4 Å². The number of piperidine rings is 1. The van der Waals surface area contributed by atoms with Gasteiger partial charge in [-0.05, 0) is 37.1 Å². The lowest BCUT2D eigenvalue weighted by molar-refractivity contribution is -0.113. The number of nitrogens with zero attached hydrogens (tertiary/aromatic N) is 4. The predicted molar refractivity (Wildman–Crippen MR) is 132 cm³/mol. The van der Waals surface area contributed by atoms with Gasteiger partial charge in [-0.1, -0.05) is 0 Å². The van der Waals surface area contributed by atoms with Gasteiger partial charge in [0, 0.05) is 31.7 Å². The molecule has 1 aromatic carbocycles. The Morgan fingerprint density at radius 3 is 2.89 bits per heavy atom. The lowest BCUT2D eigenvalue weighted by Crippen LogP contribution is -2.45. The molecule has 0 atom stereocenters. The van der Waals surface area contributed by atoms with Crippen molar-refractivity contribution in [1.82, 2.24) is 25.2 Å². The molecule has 2 aromatic heterocycles. The zero-order valence-corrected chi connectivity index (χ0v) is 20.1. The topological polar surface area (TPSA) is 119 Å². The van der Waals surface area contributed by atoms with Crippen LogP contribution in [0.25, 0.3) is 11.0 Å². The van der Waals surface area contributed by atoms with Crippen LogP contribution in [0.2, 0.25) is 0 Å². The SMILES string of the molecule is COc1ccc2ncc(OCCN3CCC(NC(=O)c4ccc5c(n4)NC(=O)CS5)CC3)nc2c1. The Labute approximate surface area is 206 Å². The number of pyridine rings is 1. The van der Waals surface area contributed by atoms with Gasteiger partial charge in [-0.15, -0.1) is 11.8 Å². The zero-order chi connectivity index (χ0) is 24.2.